The lowest BCUT2D eigenvalue weighted by Gasteiger charge is -2.06. The number of hydrogen-bond donors (Lipinski definition) is 0. The molecular formula is C12H14BrN3. The first-order chi connectivity index (χ1) is 7.70. The van der Waals surface area contributed by atoms with Crippen LogP contribution in [0.1, 0.15) is 31.0 Å². The minimum atomic E-state index is 0.558. The van der Waals surface area contributed by atoms with Crippen LogP contribution in [0.5, 0.6) is 0 Å². The van der Waals surface area contributed by atoms with Crippen molar-refractivity contribution in [2.75, 3.05) is 0 Å². The van der Waals surface area contributed by atoms with Gasteiger partial charge in [-0.2, -0.15) is 0 Å². The summed E-state index contributed by atoms with van der Waals surface area (Å²) in [5.41, 5.74) is 3.32. The Bertz CT molecular complexity index is 459. The fourth-order valence-corrected chi connectivity index (χ4v) is 1.75. The van der Waals surface area contributed by atoms with Crippen molar-refractivity contribution in [2.45, 2.75) is 25.1 Å². The highest BCUT2D eigenvalue weighted by atomic mass is 79.9. The zero-order valence-corrected chi connectivity index (χ0v) is 11.0. The Kier molecular flexibility index (Phi) is 3.39. The molecule has 0 radical (unpaired) electrons. The van der Waals surface area contributed by atoms with Crippen molar-refractivity contribution in [1.29, 1.82) is 0 Å². The van der Waals surface area contributed by atoms with Gasteiger partial charge in [-0.15, -0.1) is 5.10 Å². The van der Waals surface area contributed by atoms with E-state index in [4.69, 9.17) is 0 Å². The van der Waals surface area contributed by atoms with Gasteiger partial charge >= 0.3 is 0 Å². The topological polar surface area (TPSA) is 30.7 Å². The summed E-state index contributed by atoms with van der Waals surface area (Å²) in [6, 6.07) is 8.41. The molecular weight excluding hydrogens is 266 g/mol. The summed E-state index contributed by atoms with van der Waals surface area (Å²) in [7, 11) is 0. The van der Waals surface area contributed by atoms with Crippen molar-refractivity contribution in [3.8, 4) is 5.69 Å². The third kappa shape index (κ3) is 2.32. The third-order valence-corrected chi connectivity index (χ3v) is 3.08. The van der Waals surface area contributed by atoms with E-state index in [1.54, 1.807) is 4.68 Å². The van der Waals surface area contributed by atoms with Crippen LogP contribution in [0, 0.1) is 0 Å². The Hall–Kier alpha value is -1.16. The van der Waals surface area contributed by atoms with Gasteiger partial charge in [-0.25, -0.2) is 4.68 Å². The van der Waals surface area contributed by atoms with Crippen LogP contribution in [0.2, 0.25) is 0 Å². The number of aromatic nitrogens is 3. The Morgan fingerprint density at radius 3 is 2.44 bits per heavy atom. The quantitative estimate of drug-likeness (QED) is 0.808. The molecule has 1 aromatic carbocycles. The molecule has 0 amide bonds. The predicted molar refractivity (Wildman–Crippen MR) is 68.1 cm³/mol. The first-order valence-electron chi connectivity index (χ1n) is 5.28. The molecule has 0 saturated heterocycles. The molecule has 4 heteroatoms. The highest BCUT2D eigenvalue weighted by Gasteiger charge is 2.03. The molecule has 0 saturated carbocycles. The molecule has 0 spiro atoms. The van der Waals surface area contributed by atoms with Gasteiger partial charge in [-0.1, -0.05) is 47.1 Å². The SMILES string of the molecule is CC(C)c1ccc(-n2cc(CBr)nn2)cc1. The van der Waals surface area contributed by atoms with Gasteiger partial charge in [0.2, 0.25) is 0 Å². The summed E-state index contributed by atoms with van der Waals surface area (Å²) in [4.78, 5) is 0. The summed E-state index contributed by atoms with van der Waals surface area (Å²) in [6.45, 7) is 4.38. The van der Waals surface area contributed by atoms with Gasteiger partial charge in [0.05, 0.1) is 17.6 Å². The minimum absolute atomic E-state index is 0.558. The zero-order chi connectivity index (χ0) is 11.5. The summed E-state index contributed by atoms with van der Waals surface area (Å²) >= 11 is 3.36. The van der Waals surface area contributed by atoms with Crippen molar-refractivity contribution in [2.24, 2.45) is 0 Å². The molecule has 0 aliphatic heterocycles. The van der Waals surface area contributed by atoms with Crippen LogP contribution >= 0.6 is 15.9 Å². The van der Waals surface area contributed by atoms with Gasteiger partial charge in [0.15, 0.2) is 0 Å². The lowest BCUT2D eigenvalue weighted by atomic mass is 10.0. The normalized spacial score (nSPS) is 11.0. The molecule has 0 N–H and O–H groups in total. The van der Waals surface area contributed by atoms with Crippen LogP contribution in [-0.2, 0) is 5.33 Å². The molecule has 2 rings (SSSR count). The van der Waals surface area contributed by atoms with Crippen LogP contribution < -0.4 is 0 Å². The van der Waals surface area contributed by atoms with Crippen molar-refractivity contribution in [3.63, 3.8) is 0 Å². The second-order valence-electron chi connectivity index (χ2n) is 4.03. The van der Waals surface area contributed by atoms with E-state index < -0.39 is 0 Å². The van der Waals surface area contributed by atoms with Crippen LogP contribution in [-0.4, -0.2) is 15.0 Å². The van der Waals surface area contributed by atoms with E-state index in [-0.39, 0.29) is 0 Å². The van der Waals surface area contributed by atoms with Crippen molar-refractivity contribution >= 4 is 15.9 Å². The molecule has 3 nitrogen and oxygen atoms in total. The number of hydrogen-bond acceptors (Lipinski definition) is 2. The number of alkyl halides is 1. The van der Waals surface area contributed by atoms with E-state index in [1.165, 1.54) is 5.56 Å². The summed E-state index contributed by atoms with van der Waals surface area (Å²) < 4.78 is 1.79. The zero-order valence-electron chi connectivity index (χ0n) is 9.39. The minimum Gasteiger partial charge on any atom is -0.220 e. The number of halogens is 1. The largest absolute Gasteiger partial charge is 0.220 e. The second kappa shape index (κ2) is 4.78. The summed E-state index contributed by atoms with van der Waals surface area (Å²) in [5.74, 6) is 0.558. The molecule has 0 atom stereocenters. The van der Waals surface area contributed by atoms with Gasteiger partial charge in [0.1, 0.15) is 0 Å². The molecule has 0 aliphatic carbocycles. The maximum atomic E-state index is 4.07. The molecule has 2 aromatic rings. The third-order valence-electron chi connectivity index (χ3n) is 2.50. The smallest absolute Gasteiger partial charge is 0.0937 e. The van der Waals surface area contributed by atoms with Gasteiger partial charge < -0.3 is 0 Å². The van der Waals surface area contributed by atoms with Gasteiger partial charge in [-0.3, -0.25) is 0 Å². The molecule has 84 valence electrons. The summed E-state index contributed by atoms with van der Waals surface area (Å²) in [6.07, 6.45) is 1.93. The maximum absolute atomic E-state index is 4.07. The Morgan fingerprint density at radius 2 is 1.94 bits per heavy atom. The van der Waals surface area contributed by atoms with Crippen molar-refractivity contribution < 1.29 is 0 Å². The molecule has 0 fully saturated rings. The molecule has 16 heavy (non-hydrogen) atoms. The molecule has 1 aromatic heterocycles. The van der Waals surface area contributed by atoms with E-state index in [0.29, 0.717) is 5.92 Å². The summed E-state index contributed by atoms with van der Waals surface area (Å²) in [5, 5.41) is 8.84. The Morgan fingerprint density at radius 1 is 1.25 bits per heavy atom. The monoisotopic (exact) mass is 279 g/mol. The molecule has 1 heterocycles. The fourth-order valence-electron chi connectivity index (χ4n) is 1.50. The standard InChI is InChI=1S/C12H14BrN3/c1-9(2)10-3-5-12(6-4-10)16-8-11(7-13)14-15-16/h3-6,8-9H,7H2,1-2H3. The number of nitrogens with zero attached hydrogens (tertiary/aromatic N) is 3. The first kappa shape index (κ1) is 11.3. The predicted octanol–water partition coefficient (Wildman–Crippen LogP) is 3.29. The van der Waals surface area contributed by atoms with Crippen LogP contribution in [0.25, 0.3) is 5.69 Å². The fraction of sp³-hybridized carbons (Fsp3) is 0.333. The molecule has 0 unspecified atom stereocenters. The van der Waals surface area contributed by atoms with Gasteiger partial charge in [0.25, 0.3) is 0 Å². The molecule has 0 aliphatic rings. The number of rotatable bonds is 3. The lowest BCUT2D eigenvalue weighted by molar-refractivity contribution is 0.797. The Balaban J connectivity index is 2.27. The van der Waals surface area contributed by atoms with E-state index in [1.807, 2.05) is 6.20 Å². The van der Waals surface area contributed by atoms with Gasteiger partial charge in [0, 0.05) is 5.33 Å². The van der Waals surface area contributed by atoms with Crippen molar-refractivity contribution in [1.82, 2.24) is 15.0 Å². The van der Waals surface area contributed by atoms with E-state index in [2.05, 4.69) is 64.4 Å². The Labute approximate surface area is 104 Å². The van der Waals surface area contributed by atoms with Crippen LogP contribution in [0.3, 0.4) is 0 Å². The lowest BCUT2D eigenvalue weighted by Crippen LogP contribution is -1.95. The van der Waals surface area contributed by atoms with Crippen LogP contribution in [0.4, 0.5) is 0 Å². The second-order valence-corrected chi connectivity index (χ2v) is 4.60. The molecule has 0 bridgehead atoms. The highest BCUT2D eigenvalue weighted by Crippen LogP contribution is 2.16. The average Bonchev–Trinajstić information content (AvgIpc) is 2.77. The van der Waals surface area contributed by atoms with E-state index >= 15 is 0 Å². The highest BCUT2D eigenvalue weighted by molar-refractivity contribution is 9.08. The number of benzene rings is 1. The average molecular weight is 280 g/mol. The van der Waals surface area contributed by atoms with E-state index in [0.717, 1.165) is 16.7 Å². The first-order valence-corrected chi connectivity index (χ1v) is 6.40. The van der Waals surface area contributed by atoms with Gasteiger partial charge in [-0.05, 0) is 23.6 Å². The van der Waals surface area contributed by atoms with Crippen molar-refractivity contribution in [3.05, 3.63) is 41.7 Å². The maximum Gasteiger partial charge on any atom is 0.0937 e. The van der Waals surface area contributed by atoms with E-state index in [9.17, 15) is 0 Å². The van der Waals surface area contributed by atoms with Crippen LogP contribution in [0.15, 0.2) is 30.5 Å².